The minimum atomic E-state index is -3.24. The van der Waals surface area contributed by atoms with E-state index >= 15 is 0 Å². The van der Waals surface area contributed by atoms with E-state index in [2.05, 4.69) is 46.4 Å². The molecule has 0 saturated carbocycles. The summed E-state index contributed by atoms with van der Waals surface area (Å²) in [5, 5.41) is 2.17. The standard InChI is InChI=1S/C16H17N2O2S/c1-21(19,20)18-11-10-17-16-14-8-4-2-6-12(14)13-7-3-5-9-15(13)16/h2-9,16-17H,10-11H2,1H3/q-1/p+1. The zero-order chi connectivity index (χ0) is 14.9. The largest absolute Gasteiger partial charge is 0.545 e. The summed E-state index contributed by atoms with van der Waals surface area (Å²) < 4.78 is 25.8. The van der Waals surface area contributed by atoms with Crippen molar-refractivity contribution in [3.63, 3.8) is 0 Å². The highest BCUT2D eigenvalue weighted by Crippen LogP contribution is 2.40. The number of nitrogens with zero attached hydrogens (tertiary/aromatic N) is 1. The van der Waals surface area contributed by atoms with Crippen molar-refractivity contribution >= 4 is 10.0 Å². The molecule has 110 valence electrons. The van der Waals surface area contributed by atoms with Gasteiger partial charge < -0.3 is 10.0 Å². The Labute approximate surface area is 125 Å². The average molecular weight is 302 g/mol. The molecule has 0 bridgehead atoms. The predicted molar refractivity (Wildman–Crippen MR) is 83.6 cm³/mol. The van der Waals surface area contributed by atoms with Crippen LogP contribution in [0.3, 0.4) is 0 Å². The first-order valence-electron chi connectivity index (χ1n) is 6.96. The second-order valence-electron chi connectivity index (χ2n) is 5.26. The summed E-state index contributed by atoms with van der Waals surface area (Å²) in [5.41, 5.74) is 5.12. The monoisotopic (exact) mass is 302 g/mol. The number of hydrogen-bond donors (Lipinski definition) is 1. The molecule has 0 fully saturated rings. The molecule has 0 aliphatic heterocycles. The fraction of sp³-hybridized carbons (Fsp3) is 0.250. The van der Waals surface area contributed by atoms with Gasteiger partial charge in [0.05, 0.1) is 16.6 Å². The van der Waals surface area contributed by atoms with E-state index in [4.69, 9.17) is 0 Å². The van der Waals surface area contributed by atoms with E-state index in [1.54, 1.807) is 0 Å². The highest BCUT2D eigenvalue weighted by molar-refractivity contribution is 7.93. The Morgan fingerprint density at radius 2 is 1.52 bits per heavy atom. The van der Waals surface area contributed by atoms with Crippen LogP contribution in [0.15, 0.2) is 48.5 Å². The van der Waals surface area contributed by atoms with Crippen LogP contribution < -0.4 is 5.32 Å². The lowest BCUT2D eigenvalue weighted by atomic mass is 10.1. The first kappa shape index (κ1) is 14.3. The third kappa shape index (κ3) is 3.00. The van der Waals surface area contributed by atoms with Gasteiger partial charge in [0.15, 0.2) is 0 Å². The first-order chi connectivity index (χ1) is 10.1. The Bertz CT molecular complexity index is 711. The SMILES string of the molecule is CS(=O)(=O)[N-]CC[NH2+]C1c2ccccc2-c2ccccc21. The Kier molecular flexibility index (Phi) is 3.80. The fourth-order valence-corrected chi connectivity index (χ4v) is 3.35. The van der Waals surface area contributed by atoms with Crippen molar-refractivity contribution in [2.24, 2.45) is 0 Å². The summed E-state index contributed by atoms with van der Waals surface area (Å²) in [6, 6.07) is 17.0. The van der Waals surface area contributed by atoms with E-state index in [-0.39, 0.29) is 6.04 Å². The minimum absolute atomic E-state index is 0.229. The van der Waals surface area contributed by atoms with Crippen LogP contribution in [0, 0.1) is 0 Å². The van der Waals surface area contributed by atoms with Gasteiger partial charge in [-0.1, -0.05) is 55.1 Å². The third-order valence-electron chi connectivity index (χ3n) is 3.74. The number of fused-ring (bicyclic) bond motifs is 3. The van der Waals surface area contributed by atoms with Gasteiger partial charge in [-0.15, -0.1) is 0 Å². The fourth-order valence-electron chi connectivity index (χ4n) is 2.91. The van der Waals surface area contributed by atoms with Gasteiger partial charge in [0.25, 0.3) is 0 Å². The van der Waals surface area contributed by atoms with E-state index in [9.17, 15) is 8.42 Å². The Morgan fingerprint density at radius 3 is 2.05 bits per heavy atom. The molecule has 0 unspecified atom stereocenters. The summed E-state index contributed by atoms with van der Waals surface area (Å²) >= 11 is 0. The molecule has 2 N–H and O–H groups in total. The van der Waals surface area contributed by atoms with Crippen LogP contribution in [-0.4, -0.2) is 27.8 Å². The average Bonchev–Trinajstić information content (AvgIpc) is 2.77. The molecule has 0 amide bonds. The molecule has 2 aromatic carbocycles. The van der Waals surface area contributed by atoms with Crippen LogP contribution in [0.25, 0.3) is 15.8 Å². The molecule has 3 rings (SSSR count). The van der Waals surface area contributed by atoms with Crippen molar-refractivity contribution in [2.75, 3.05) is 19.3 Å². The predicted octanol–water partition coefficient (Wildman–Crippen LogP) is 1.65. The topological polar surface area (TPSA) is 64.8 Å². The second kappa shape index (κ2) is 5.60. The molecule has 1 aliphatic rings. The maximum absolute atomic E-state index is 11.0. The Hall–Kier alpha value is -1.69. The normalized spacial score (nSPS) is 14.0. The van der Waals surface area contributed by atoms with E-state index in [0.717, 1.165) is 6.26 Å². The van der Waals surface area contributed by atoms with E-state index in [1.807, 2.05) is 12.1 Å². The van der Waals surface area contributed by atoms with Crippen LogP contribution in [0.1, 0.15) is 17.2 Å². The van der Waals surface area contributed by atoms with E-state index < -0.39 is 10.0 Å². The molecule has 0 heterocycles. The van der Waals surface area contributed by atoms with Crippen LogP contribution in [0.4, 0.5) is 0 Å². The van der Waals surface area contributed by atoms with E-state index in [1.165, 1.54) is 22.3 Å². The maximum atomic E-state index is 11.0. The van der Waals surface area contributed by atoms with Crippen molar-refractivity contribution in [2.45, 2.75) is 6.04 Å². The molecule has 4 nitrogen and oxygen atoms in total. The number of benzene rings is 2. The Balaban J connectivity index is 1.79. The summed E-state index contributed by atoms with van der Waals surface area (Å²) in [5.74, 6) is 0. The van der Waals surface area contributed by atoms with Gasteiger partial charge >= 0.3 is 0 Å². The summed E-state index contributed by atoms with van der Waals surface area (Å²) in [6.45, 7) is 0.972. The number of hydrogen-bond acceptors (Lipinski definition) is 2. The zero-order valence-electron chi connectivity index (χ0n) is 11.9. The molecule has 5 heteroatoms. The van der Waals surface area contributed by atoms with Gasteiger partial charge in [0, 0.05) is 17.4 Å². The van der Waals surface area contributed by atoms with Crippen LogP contribution >= 0.6 is 0 Å². The maximum Gasteiger partial charge on any atom is 0.138 e. The number of quaternary nitrogens is 1. The summed E-state index contributed by atoms with van der Waals surface area (Å²) in [7, 11) is -3.24. The highest BCUT2D eigenvalue weighted by Gasteiger charge is 2.29. The van der Waals surface area contributed by atoms with Gasteiger partial charge in [-0.25, -0.2) is 8.42 Å². The zero-order valence-corrected chi connectivity index (χ0v) is 12.7. The molecular formula is C16H18N2O2S. The molecule has 1 aliphatic carbocycles. The van der Waals surface area contributed by atoms with Crippen LogP contribution in [-0.2, 0) is 10.0 Å². The van der Waals surface area contributed by atoms with Gasteiger partial charge in [-0.3, -0.25) is 0 Å². The van der Waals surface area contributed by atoms with Crippen LogP contribution in [0.2, 0.25) is 0 Å². The summed E-state index contributed by atoms with van der Waals surface area (Å²) in [4.78, 5) is 0. The lowest BCUT2D eigenvalue weighted by Gasteiger charge is -2.18. The lowest BCUT2D eigenvalue weighted by molar-refractivity contribution is -0.683. The highest BCUT2D eigenvalue weighted by atomic mass is 32.2. The van der Waals surface area contributed by atoms with E-state index in [0.29, 0.717) is 13.1 Å². The van der Waals surface area contributed by atoms with Gasteiger partial charge in [-0.05, 0) is 11.1 Å². The first-order valence-corrected chi connectivity index (χ1v) is 8.81. The van der Waals surface area contributed by atoms with Crippen molar-refractivity contribution in [1.82, 2.24) is 0 Å². The molecule has 0 aromatic heterocycles. The van der Waals surface area contributed by atoms with Gasteiger partial charge in [0.2, 0.25) is 0 Å². The van der Waals surface area contributed by atoms with Crippen molar-refractivity contribution in [3.8, 4) is 11.1 Å². The quantitative estimate of drug-likeness (QED) is 0.854. The van der Waals surface area contributed by atoms with Gasteiger partial charge in [-0.2, -0.15) is 0 Å². The number of nitrogens with two attached hydrogens (primary N) is 1. The number of sulfonamides is 1. The second-order valence-corrected chi connectivity index (χ2v) is 6.99. The van der Waals surface area contributed by atoms with Crippen LogP contribution in [0.5, 0.6) is 0 Å². The molecule has 21 heavy (non-hydrogen) atoms. The van der Waals surface area contributed by atoms with Gasteiger partial charge in [0.1, 0.15) is 6.04 Å². The Morgan fingerprint density at radius 1 is 1.00 bits per heavy atom. The third-order valence-corrected chi connectivity index (χ3v) is 4.39. The molecule has 0 radical (unpaired) electrons. The molecule has 0 saturated heterocycles. The lowest BCUT2D eigenvalue weighted by Crippen LogP contribution is -2.86. The minimum Gasteiger partial charge on any atom is -0.545 e. The molecule has 2 aromatic rings. The van der Waals surface area contributed by atoms with Crippen molar-refractivity contribution in [3.05, 3.63) is 64.4 Å². The van der Waals surface area contributed by atoms with Crippen molar-refractivity contribution < 1.29 is 13.7 Å². The van der Waals surface area contributed by atoms with Crippen molar-refractivity contribution in [1.29, 1.82) is 0 Å². The smallest absolute Gasteiger partial charge is 0.138 e. The number of rotatable bonds is 5. The summed E-state index contributed by atoms with van der Waals surface area (Å²) in [6.07, 6.45) is 1.13. The molecule has 0 atom stereocenters. The molecule has 0 spiro atoms. The molecular weight excluding hydrogens is 284 g/mol.